The zero-order valence-electron chi connectivity index (χ0n) is 18.7. The van der Waals surface area contributed by atoms with Crippen LogP contribution in [0.1, 0.15) is 46.6 Å². The van der Waals surface area contributed by atoms with E-state index in [1.54, 1.807) is 0 Å². The molecule has 0 aliphatic rings. The van der Waals surface area contributed by atoms with E-state index in [-0.39, 0.29) is 24.9 Å². The average molecular weight is 422 g/mol. The number of hydrogen-bond acceptors (Lipinski definition) is 5. The molecule has 1 rings (SSSR count). The monoisotopic (exact) mass is 421 g/mol. The minimum atomic E-state index is -1.62. The van der Waals surface area contributed by atoms with Gasteiger partial charge in [0.2, 0.25) is 11.8 Å². The van der Waals surface area contributed by atoms with E-state index in [0.717, 1.165) is 5.56 Å². The number of carbonyl (C=O) groups is 3. The van der Waals surface area contributed by atoms with Gasteiger partial charge in [-0.15, -0.1) is 0 Å². The van der Waals surface area contributed by atoms with Crippen LogP contribution in [0.4, 0.5) is 0 Å². The average Bonchev–Trinajstić information content (AvgIpc) is 2.68. The molecule has 0 saturated heterocycles. The van der Waals surface area contributed by atoms with E-state index < -0.39 is 35.3 Å². The second kappa shape index (κ2) is 11.7. The lowest BCUT2D eigenvalue weighted by atomic mass is 9.84. The van der Waals surface area contributed by atoms with Crippen LogP contribution in [0.5, 0.6) is 0 Å². The van der Waals surface area contributed by atoms with Crippen LogP contribution in [0.2, 0.25) is 0 Å². The molecule has 3 amide bonds. The first-order valence-electron chi connectivity index (χ1n) is 10.1. The summed E-state index contributed by atoms with van der Waals surface area (Å²) in [6, 6.07) is 8.41. The molecular formula is C22H35N3O5. The molecular weight excluding hydrogens is 386 g/mol. The van der Waals surface area contributed by atoms with Gasteiger partial charge in [0.25, 0.3) is 5.91 Å². The summed E-state index contributed by atoms with van der Waals surface area (Å²) in [6.07, 6.45) is -1.35. The number of aliphatic hydroxyl groups excluding tert-OH is 1. The highest BCUT2D eigenvalue weighted by Crippen LogP contribution is 2.22. The van der Waals surface area contributed by atoms with Crippen molar-refractivity contribution in [3.8, 4) is 0 Å². The number of nitrogens with one attached hydrogen (secondary N) is 3. The molecule has 8 nitrogen and oxygen atoms in total. The molecule has 0 fully saturated rings. The van der Waals surface area contributed by atoms with Crippen molar-refractivity contribution in [2.24, 2.45) is 17.3 Å². The first-order valence-corrected chi connectivity index (χ1v) is 10.1. The fourth-order valence-electron chi connectivity index (χ4n) is 2.96. The van der Waals surface area contributed by atoms with Crippen LogP contribution in [0, 0.1) is 17.3 Å². The van der Waals surface area contributed by atoms with Gasteiger partial charge in [0, 0.05) is 7.05 Å². The van der Waals surface area contributed by atoms with Crippen LogP contribution in [0.3, 0.4) is 0 Å². The molecule has 1 aromatic carbocycles. The van der Waals surface area contributed by atoms with Crippen LogP contribution >= 0.6 is 0 Å². The summed E-state index contributed by atoms with van der Waals surface area (Å²) in [5, 5.41) is 15.8. The Bertz CT molecular complexity index is 700. The molecule has 4 N–H and O–H groups in total. The van der Waals surface area contributed by atoms with Gasteiger partial charge in [-0.25, -0.2) is 5.48 Å². The molecule has 0 aliphatic carbocycles. The third-order valence-electron chi connectivity index (χ3n) is 4.63. The minimum absolute atomic E-state index is 0.0431. The molecule has 30 heavy (non-hydrogen) atoms. The summed E-state index contributed by atoms with van der Waals surface area (Å²) in [6.45, 7) is 9.37. The van der Waals surface area contributed by atoms with Crippen molar-refractivity contribution in [1.29, 1.82) is 0 Å². The lowest BCUT2D eigenvalue weighted by Crippen LogP contribution is -2.56. The standard InChI is InChI=1S/C22H35N3O5/c1-14(2)12-16(19(27)24-18(21(29)23-6)22(3,4)5)17(26)20(28)25-30-13-15-10-8-7-9-11-15/h7-11,14,16-18,26H,12-13H2,1-6H3,(H,23,29)(H,24,27)(H,25,28). The number of likely N-dealkylation sites (N-methyl/N-ethyl adjacent to an activating group) is 1. The number of benzene rings is 1. The molecule has 0 saturated carbocycles. The Balaban J connectivity index is 2.83. The third kappa shape index (κ3) is 8.12. The predicted octanol–water partition coefficient (Wildman–Crippen LogP) is 1.53. The second-order valence-electron chi connectivity index (χ2n) is 8.84. The van der Waals surface area contributed by atoms with Crippen molar-refractivity contribution >= 4 is 17.7 Å². The van der Waals surface area contributed by atoms with Gasteiger partial charge in [0.1, 0.15) is 12.1 Å². The lowest BCUT2D eigenvalue weighted by molar-refractivity contribution is -0.151. The Labute approximate surface area is 178 Å². The summed E-state index contributed by atoms with van der Waals surface area (Å²) >= 11 is 0. The van der Waals surface area contributed by atoms with Crippen molar-refractivity contribution in [3.05, 3.63) is 35.9 Å². The number of amides is 3. The summed E-state index contributed by atoms with van der Waals surface area (Å²) in [4.78, 5) is 42.7. The van der Waals surface area contributed by atoms with E-state index in [9.17, 15) is 19.5 Å². The maximum atomic E-state index is 12.9. The summed E-state index contributed by atoms with van der Waals surface area (Å²) in [5.41, 5.74) is 2.51. The Morgan fingerprint density at radius 1 is 1.03 bits per heavy atom. The quantitative estimate of drug-likeness (QED) is 0.428. The van der Waals surface area contributed by atoms with Gasteiger partial charge in [0.15, 0.2) is 0 Å². The van der Waals surface area contributed by atoms with E-state index >= 15 is 0 Å². The molecule has 168 valence electrons. The number of rotatable bonds is 10. The maximum absolute atomic E-state index is 12.9. The summed E-state index contributed by atoms with van der Waals surface area (Å²) in [7, 11) is 1.49. The van der Waals surface area contributed by atoms with Gasteiger partial charge in [-0.3, -0.25) is 19.2 Å². The van der Waals surface area contributed by atoms with Gasteiger partial charge >= 0.3 is 0 Å². The first kappa shape index (κ1) is 25.6. The molecule has 3 atom stereocenters. The zero-order chi connectivity index (χ0) is 22.9. The normalized spacial score (nSPS) is 14.5. The van der Waals surface area contributed by atoms with Gasteiger partial charge in [0.05, 0.1) is 12.5 Å². The molecule has 3 unspecified atom stereocenters. The van der Waals surface area contributed by atoms with E-state index in [4.69, 9.17) is 4.84 Å². The topological polar surface area (TPSA) is 117 Å². The maximum Gasteiger partial charge on any atom is 0.273 e. The fourth-order valence-corrected chi connectivity index (χ4v) is 2.96. The molecule has 0 radical (unpaired) electrons. The van der Waals surface area contributed by atoms with Gasteiger partial charge in [-0.2, -0.15) is 0 Å². The summed E-state index contributed by atoms with van der Waals surface area (Å²) < 4.78 is 0. The van der Waals surface area contributed by atoms with E-state index in [2.05, 4.69) is 16.1 Å². The number of hydroxylamine groups is 1. The Hall–Kier alpha value is -2.45. The van der Waals surface area contributed by atoms with E-state index in [1.807, 2.05) is 65.0 Å². The SMILES string of the molecule is CNC(=O)C(NC(=O)C(CC(C)C)C(O)C(=O)NOCc1ccccc1)C(C)(C)C. The van der Waals surface area contributed by atoms with Crippen LogP contribution in [-0.4, -0.2) is 42.0 Å². The Morgan fingerprint density at radius 3 is 2.13 bits per heavy atom. The first-order chi connectivity index (χ1) is 14.0. The minimum Gasteiger partial charge on any atom is -0.382 e. The van der Waals surface area contributed by atoms with Gasteiger partial charge in [-0.05, 0) is 23.3 Å². The van der Waals surface area contributed by atoms with Crippen molar-refractivity contribution in [2.45, 2.75) is 59.8 Å². The van der Waals surface area contributed by atoms with Crippen molar-refractivity contribution in [1.82, 2.24) is 16.1 Å². The van der Waals surface area contributed by atoms with Crippen molar-refractivity contribution in [3.63, 3.8) is 0 Å². The molecule has 0 aromatic heterocycles. The smallest absolute Gasteiger partial charge is 0.273 e. The Kier molecular flexibility index (Phi) is 9.95. The number of aliphatic hydroxyl groups is 1. The Morgan fingerprint density at radius 2 is 1.63 bits per heavy atom. The van der Waals surface area contributed by atoms with Crippen LogP contribution in [-0.2, 0) is 25.8 Å². The van der Waals surface area contributed by atoms with Crippen molar-refractivity contribution < 1.29 is 24.3 Å². The molecule has 8 heteroatoms. The molecule has 0 heterocycles. The lowest BCUT2D eigenvalue weighted by Gasteiger charge is -2.32. The highest BCUT2D eigenvalue weighted by Gasteiger charge is 2.38. The third-order valence-corrected chi connectivity index (χ3v) is 4.63. The van der Waals surface area contributed by atoms with Crippen molar-refractivity contribution in [2.75, 3.05) is 7.05 Å². The highest BCUT2D eigenvalue weighted by molar-refractivity contribution is 5.92. The highest BCUT2D eigenvalue weighted by atomic mass is 16.7. The number of carbonyl (C=O) groups excluding carboxylic acids is 3. The molecule has 1 aromatic rings. The van der Waals surface area contributed by atoms with Crippen LogP contribution < -0.4 is 16.1 Å². The van der Waals surface area contributed by atoms with E-state index in [1.165, 1.54) is 7.05 Å². The van der Waals surface area contributed by atoms with Crippen LogP contribution in [0.15, 0.2) is 30.3 Å². The largest absolute Gasteiger partial charge is 0.382 e. The van der Waals surface area contributed by atoms with E-state index in [0.29, 0.717) is 0 Å². The molecule has 0 aliphatic heterocycles. The van der Waals surface area contributed by atoms with Gasteiger partial charge in [-0.1, -0.05) is 65.0 Å². The molecule has 0 spiro atoms. The fraction of sp³-hybridized carbons (Fsp3) is 0.591. The van der Waals surface area contributed by atoms with Crippen LogP contribution in [0.25, 0.3) is 0 Å². The summed E-state index contributed by atoms with van der Waals surface area (Å²) in [5.74, 6) is -2.69. The zero-order valence-corrected chi connectivity index (χ0v) is 18.7. The number of hydrogen-bond donors (Lipinski definition) is 4. The molecule has 0 bridgehead atoms. The second-order valence-corrected chi connectivity index (χ2v) is 8.84. The van der Waals surface area contributed by atoms with Gasteiger partial charge < -0.3 is 15.7 Å². The predicted molar refractivity (Wildman–Crippen MR) is 114 cm³/mol.